The van der Waals surface area contributed by atoms with E-state index < -0.39 is 40.0 Å². The van der Waals surface area contributed by atoms with Gasteiger partial charge in [-0.2, -0.15) is 0 Å². The molecule has 4 rings (SSSR count). The zero-order chi connectivity index (χ0) is 22.0. The van der Waals surface area contributed by atoms with Crippen molar-refractivity contribution in [3.63, 3.8) is 0 Å². The van der Waals surface area contributed by atoms with Crippen LogP contribution in [0.1, 0.15) is 30.0 Å². The molecule has 1 aromatic carbocycles. The molecule has 0 unspecified atom stereocenters. The summed E-state index contributed by atoms with van der Waals surface area (Å²) < 4.78 is 4.45. The molecule has 0 spiro atoms. The molecule has 0 saturated carbocycles. The Morgan fingerprint density at radius 3 is 2.44 bits per heavy atom. The zero-order valence-corrected chi connectivity index (χ0v) is 21.9. The van der Waals surface area contributed by atoms with E-state index in [-0.39, 0.29) is 52.1 Å². The van der Waals surface area contributed by atoms with E-state index >= 15 is 0 Å². The Morgan fingerprint density at radius 2 is 1.88 bits per heavy atom. The normalized spacial score (nSPS) is 22.8. The van der Waals surface area contributed by atoms with Gasteiger partial charge in [0, 0.05) is 10.3 Å². The van der Waals surface area contributed by atoms with Crippen LogP contribution < -0.4 is 40.0 Å². The van der Waals surface area contributed by atoms with Crippen LogP contribution >= 0.6 is 35.0 Å². The van der Waals surface area contributed by atoms with Gasteiger partial charge in [0.05, 0.1) is 22.1 Å². The molecule has 0 bridgehead atoms. The summed E-state index contributed by atoms with van der Waals surface area (Å²) >= 11 is 13.8. The minimum absolute atomic E-state index is 0. The summed E-state index contributed by atoms with van der Waals surface area (Å²) in [5.74, 6) is -2.16. The standard InChI is InChI=1S/C19H17Cl2N3O5S.Na.H2O/c1-7-10(12(23-29-7)11-8(20)5-4-6-9(11)21)15(25)22-13-16(26)24-14(18(27)28)19(2,3)30-17(13)24;;/h4-6,13-14,17H,1-3H3,(H,22,25)(H,27,28);;1H2/q;+1;/p-1/t13-,14+,17-;;/m0../s1. The van der Waals surface area contributed by atoms with E-state index in [2.05, 4.69) is 10.5 Å². The quantitative estimate of drug-likeness (QED) is 0.371. The molecule has 1 aromatic heterocycles. The van der Waals surface area contributed by atoms with E-state index in [9.17, 15) is 19.5 Å². The van der Waals surface area contributed by atoms with Gasteiger partial charge in [-0.25, -0.2) is 0 Å². The van der Waals surface area contributed by atoms with Crippen LogP contribution in [0, 0.1) is 6.92 Å². The van der Waals surface area contributed by atoms with E-state index in [0.29, 0.717) is 15.6 Å². The van der Waals surface area contributed by atoms with Crippen molar-refractivity contribution in [2.24, 2.45) is 0 Å². The minimum Gasteiger partial charge on any atom is -0.548 e. The van der Waals surface area contributed by atoms with Crippen LogP contribution in [0.15, 0.2) is 22.7 Å². The number of β-lactam (4-membered cyclic amide) rings is 1. The number of hydrogen-bond acceptors (Lipinski definition) is 7. The summed E-state index contributed by atoms with van der Waals surface area (Å²) in [7, 11) is 0. The number of nitrogens with zero attached hydrogens (tertiary/aromatic N) is 2. The second-order valence-electron chi connectivity index (χ2n) is 7.59. The first-order valence-electron chi connectivity index (χ1n) is 8.97. The Balaban J connectivity index is 0.00000181. The fraction of sp³-hybridized carbons (Fsp3) is 0.368. The van der Waals surface area contributed by atoms with Gasteiger partial charge in [0.1, 0.15) is 28.4 Å². The fourth-order valence-electron chi connectivity index (χ4n) is 3.87. The Hall–Kier alpha value is -1.27. The topological polar surface area (TPSA) is 147 Å². The second-order valence-corrected chi connectivity index (χ2v) is 10.2. The van der Waals surface area contributed by atoms with E-state index in [0.717, 1.165) is 0 Å². The largest absolute Gasteiger partial charge is 1.00 e. The molecule has 2 saturated heterocycles. The molecular weight excluding hydrogens is 492 g/mol. The summed E-state index contributed by atoms with van der Waals surface area (Å²) in [6.07, 6.45) is 0. The monoisotopic (exact) mass is 509 g/mol. The molecule has 2 aliphatic heterocycles. The number of aryl methyl sites for hydroxylation is 1. The summed E-state index contributed by atoms with van der Waals surface area (Å²) in [6, 6.07) is 2.94. The molecule has 32 heavy (non-hydrogen) atoms. The summed E-state index contributed by atoms with van der Waals surface area (Å²) in [5, 5.41) is 18.2. The van der Waals surface area contributed by atoms with Crippen molar-refractivity contribution < 1.29 is 59.0 Å². The summed E-state index contributed by atoms with van der Waals surface area (Å²) in [4.78, 5) is 38.5. The van der Waals surface area contributed by atoms with Crippen molar-refractivity contribution >= 4 is 52.7 Å². The predicted molar refractivity (Wildman–Crippen MR) is 113 cm³/mol. The SMILES string of the molecule is Cc1onc(-c2c(Cl)cccc2Cl)c1C(=O)N[C@H]1C(=O)N2[C@H]1SC(C)(C)[C@H]2C(=O)[O-].O.[Na+]. The number of fused-ring (bicyclic) bond motifs is 1. The van der Waals surface area contributed by atoms with E-state index in [1.54, 1.807) is 39.0 Å². The number of halogens is 2. The first kappa shape index (κ1) is 27.0. The molecular formula is C19H18Cl2N3NaO6S. The second kappa shape index (κ2) is 9.54. The van der Waals surface area contributed by atoms with Crippen molar-refractivity contribution in [3.8, 4) is 11.3 Å². The Labute approximate surface area is 219 Å². The number of hydrogen-bond donors (Lipinski definition) is 1. The number of aliphatic carboxylic acids is 1. The molecule has 13 heteroatoms. The maximum absolute atomic E-state index is 13.1. The number of nitrogens with one attached hydrogen (secondary N) is 1. The van der Waals surface area contributed by atoms with Crippen LogP contribution in [-0.4, -0.2) is 55.5 Å². The maximum atomic E-state index is 13.1. The number of carboxylic acids is 1. The molecule has 2 aliphatic rings. The molecule has 2 aromatic rings. The van der Waals surface area contributed by atoms with Crippen molar-refractivity contribution in [3.05, 3.63) is 39.6 Å². The third kappa shape index (κ3) is 4.18. The predicted octanol–water partition coefficient (Wildman–Crippen LogP) is -1.95. The van der Waals surface area contributed by atoms with E-state index in [1.807, 2.05) is 0 Å². The van der Waals surface area contributed by atoms with Crippen LogP contribution in [0.5, 0.6) is 0 Å². The number of thioether (sulfide) groups is 1. The van der Waals surface area contributed by atoms with Gasteiger partial charge in [0.25, 0.3) is 5.91 Å². The van der Waals surface area contributed by atoms with Gasteiger partial charge < -0.3 is 30.1 Å². The van der Waals surface area contributed by atoms with Gasteiger partial charge in [0.15, 0.2) is 0 Å². The van der Waals surface area contributed by atoms with E-state index in [4.69, 9.17) is 27.7 Å². The van der Waals surface area contributed by atoms with Crippen LogP contribution in [0.25, 0.3) is 11.3 Å². The molecule has 3 atom stereocenters. The number of aromatic nitrogens is 1. The van der Waals surface area contributed by atoms with E-state index in [1.165, 1.54) is 16.7 Å². The van der Waals surface area contributed by atoms with Crippen LogP contribution in [0.2, 0.25) is 10.0 Å². The third-order valence-electron chi connectivity index (χ3n) is 5.24. The molecule has 166 valence electrons. The molecule has 0 aliphatic carbocycles. The molecule has 9 nitrogen and oxygen atoms in total. The van der Waals surface area contributed by atoms with Gasteiger partial charge in [-0.1, -0.05) is 34.4 Å². The summed E-state index contributed by atoms with van der Waals surface area (Å²) in [6.45, 7) is 5.01. The number of carboxylic acid groups (broad SMARTS) is 1. The molecule has 2 fully saturated rings. The Kier molecular flexibility index (Phi) is 8.04. The smallest absolute Gasteiger partial charge is 0.548 e. The summed E-state index contributed by atoms with van der Waals surface area (Å²) in [5.41, 5.74) is 0.615. The zero-order valence-electron chi connectivity index (χ0n) is 17.6. The maximum Gasteiger partial charge on any atom is 1.00 e. The molecule has 2 amide bonds. The van der Waals surface area contributed by atoms with Gasteiger partial charge in [0.2, 0.25) is 5.91 Å². The van der Waals surface area contributed by atoms with Gasteiger partial charge >= 0.3 is 29.6 Å². The van der Waals surface area contributed by atoms with Crippen molar-refractivity contribution in [1.82, 2.24) is 15.4 Å². The average molecular weight is 510 g/mol. The van der Waals surface area contributed by atoms with Crippen LogP contribution in [0.4, 0.5) is 0 Å². The van der Waals surface area contributed by atoms with Crippen molar-refractivity contribution in [1.29, 1.82) is 0 Å². The Bertz CT molecular complexity index is 1070. The van der Waals surface area contributed by atoms with Crippen LogP contribution in [-0.2, 0) is 9.59 Å². The van der Waals surface area contributed by atoms with Gasteiger partial charge in [-0.3, -0.25) is 9.59 Å². The van der Waals surface area contributed by atoms with Gasteiger partial charge in [-0.15, -0.1) is 11.8 Å². The number of carbonyl (C=O) groups excluding carboxylic acids is 3. The molecule has 3 heterocycles. The molecule has 0 radical (unpaired) electrons. The van der Waals surface area contributed by atoms with Crippen LogP contribution in [0.3, 0.4) is 0 Å². The number of carbonyl (C=O) groups is 3. The fourth-order valence-corrected chi connectivity index (χ4v) is 6.07. The molecule has 3 N–H and O–H groups in total. The van der Waals surface area contributed by atoms with Gasteiger partial charge in [-0.05, 0) is 32.9 Å². The first-order valence-corrected chi connectivity index (χ1v) is 10.6. The minimum atomic E-state index is -1.32. The number of benzene rings is 1. The number of amides is 2. The first-order chi connectivity index (χ1) is 14.0. The Morgan fingerprint density at radius 1 is 1.28 bits per heavy atom. The third-order valence-corrected chi connectivity index (χ3v) is 7.44. The average Bonchev–Trinajstić information content (AvgIpc) is 3.14. The van der Waals surface area contributed by atoms with Crippen molar-refractivity contribution in [2.75, 3.05) is 0 Å². The van der Waals surface area contributed by atoms with Crippen molar-refractivity contribution in [2.45, 2.75) is 43.0 Å². The number of rotatable bonds is 4.